The molecule has 0 N–H and O–H groups in total. The van der Waals surface area contributed by atoms with Gasteiger partial charge in [0.1, 0.15) is 0 Å². The fourth-order valence-corrected chi connectivity index (χ4v) is 3.54. The van der Waals surface area contributed by atoms with Crippen molar-refractivity contribution in [1.29, 1.82) is 0 Å². The van der Waals surface area contributed by atoms with Crippen LogP contribution in [0.4, 0.5) is 5.69 Å². The Labute approximate surface area is 137 Å². The number of pyridine rings is 1. The number of nitrogens with zero attached hydrogens (tertiary/aromatic N) is 2. The lowest BCUT2D eigenvalue weighted by Gasteiger charge is -2.21. The Morgan fingerprint density at radius 3 is 2.65 bits per heavy atom. The van der Waals surface area contributed by atoms with Gasteiger partial charge in [-0.2, -0.15) is 0 Å². The molecule has 4 rings (SSSR count). The van der Waals surface area contributed by atoms with Crippen LogP contribution in [0, 0.1) is 0 Å². The Hall–Kier alpha value is -2.23. The van der Waals surface area contributed by atoms with E-state index < -0.39 is 0 Å². The third-order valence-electron chi connectivity index (χ3n) is 4.84. The predicted molar refractivity (Wildman–Crippen MR) is 90.0 cm³/mol. The van der Waals surface area contributed by atoms with Crippen LogP contribution in [0.15, 0.2) is 36.7 Å². The van der Waals surface area contributed by atoms with Crippen molar-refractivity contribution < 1.29 is 9.47 Å². The highest BCUT2D eigenvalue weighted by molar-refractivity contribution is 5.58. The van der Waals surface area contributed by atoms with Gasteiger partial charge in [-0.3, -0.25) is 4.98 Å². The van der Waals surface area contributed by atoms with Crippen LogP contribution in [0.25, 0.3) is 0 Å². The molecule has 1 aliphatic carbocycles. The highest BCUT2D eigenvalue weighted by Crippen LogP contribution is 2.37. The summed E-state index contributed by atoms with van der Waals surface area (Å²) in [4.78, 5) is 6.58. The Bertz CT molecular complexity index is 671. The Morgan fingerprint density at radius 2 is 1.87 bits per heavy atom. The molecule has 120 valence electrons. The van der Waals surface area contributed by atoms with Gasteiger partial charge in [0.15, 0.2) is 11.5 Å². The first-order valence-corrected chi connectivity index (χ1v) is 8.35. The minimum atomic E-state index is 0.333. The van der Waals surface area contributed by atoms with E-state index in [-0.39, 0.29) is 0 Å². The molecule has 0 saturated heterocycles. The maximum absolute atomic E-state index is 6.21. The topological polar surface area (TPSA) is 34.6 Å². The molecule has 4 nitrogen and oxygen atoms in total. The molecule has 0 bridgehead atoms. The summed E-state index contributed by atoms with van der Waals surface area (Å²) >= 11 is 0. The number of fused-ring (bicyclic) bond motifs is 1. The Morgan fingerprint density at radius 1 is 1.04 bits per heavy atom. The summed E-state index contributed by atoms with van der Waals surface area (Å²) < 4.78 is 11.7. The molecule has 0 spiro atoms. The average molecular weight is 310 g/mol. The summed E-state index contributed by atoms with van der Waals surface area (Å²) in [7, 11) is 1.70. The van der Waals surface area contributed by atoms with E-state index in [0.717, 1.165) is 37.4 Å². The normalized spacial score (nSPS) is 17.3. The van der Waals surface area contributed by atoms with E-state index in [0.29, 0.717) is 6.10 Å². The summed E-state index contributed by atoms with van der Waals surface area (Å²) in [5, 5.41) is 0. The Balaban J connectivity index is 1.57. The highest BCUT2D eigenvalue weighted by Gasteiger charge is 2.22. The first kappa shape index (κ1) is 14.4. The number of benzene rings is 1. The number of ether oxygens (including phenoxy) is 2. The molecule has 1 aromatic carbocycles. The van der Waals surface area contributed by atoms with E-state index in [2.05, 4.69) is 28.1 Å². The largest absolute Gasteiger partial charge is 0.493 e. The van der Waals surface area contributed by atoms with Crippen LogP contribution in [0.1, 0.15) is 36.8 Å². The Kier molecular flexibility index (Phi) is 3.82. The quantitative estimate of drug-likeness (QED) is 0.857. The van der Waals surface area contributed by atoms with Gasteiger partial charge >= 0.3 is 0 Å². The fourth-order valence-electron chi connectivity index (χ4n) is 3.54. The van der Waals surface area contributed by atoms with Crippen molar-refractivity contribution in [3.8, 4) is 11.5 Å². The minimum Gasteiger partial charge on any atom is -0.493 e. The predicted octanol–water partition coefficient (Wildman–Crippen LogP) is 3.93. The molecule has 2 heterocycles. The van der Waals surface area contributed by atoms with E-state index in [4.69, 9.17) is 9.47 Å². The number of aromatic nitrogens is 1. The second kappa shape index (κ2) is 6.11. The van der Waals surface area contributed by atoms with E-state index in [1.165, 1.54) is 29.7 Å². The summed E-state index contributed by atoms with van der Waals surface area (Å²) in [6.07, 6.45) is 8.99. The number of hydrogen-bond donors (Lipinski definition) is 0. The second-order valence-electron chi connectivity index (χ2n) is 6.36. The van der Waals surface area contributed by atoms with Crippen molar-refractivity contribution >= 4 is 5.69 Å². The van der Waals surface area contributed by atoms with Gasteiger partial charge in [-0.15, -0.1) is 0 Å². The number of anilines is 1. The lowest BCUT2D eigenvalue weighted by Crippen LogP contribution is -2.16. The molecular weight excluding hydrogens is 288 g/mol. The van der Waals surface area contributed by atoms with Crippen molar-refractivity contribution in [2.24, 2.45) is 0 Å². The molecule has 23 heavy (non-hydrogen) atoms. The van der Waals surface area contributed by atoms with Crippen molar-refractivity contribution in [2.75, 3.05) is 12.0 Å². The summed E-state index contributed by atoms with van der Waals surface area (Å²) in [5.41, 5.74) is 3.84. The van der Waals surface area contributed by atoms with Crippen LogP contribution in [0.3, 0.4) is 0 Å². The van der Waals surface area contributed by atoms with Crippen LogP contribution >= 0.6 is 0 Å². The van der Waals surface area contributed by atoms with Crippen molar-refractivity contribution in [1.82, 2.24) is 4.98 Å². The van der Waals surface area contributed by atoms with Gasteiger partial charge in [-0.25, -0.2) is 0 Å². The van der Waals surface area contributed by atoms with Crippen LogP contribution in [0.2, 0.25) is 0 Å². The maximum Gasteiger partial charge on any atom is 0.163 e. The summed E-state index contributed by atoms with van der Waals surface area (Å²) in [6, 6.07) is 8.35. The van der Waals surface area contributed by atoms with Crippen molar-refractivity contribution in [3.05, 3.63) is 47.8 Å². The molecular formula is C19H22N2O2. The molecule has 1 saturated carbocycles. The van der Waals surface area contributed by atoms with E-state index >= 15 is 0 Å². The van der Waals surface area contributed by atoms with Gasteiger partial charge in [-0.05, 0) is 55.0 Å². The lowest BCUT2D eigenvalue weighted by atomic mass is 10.2. The molecule has 1 aliphatic heterocycles. The zero-order valence-electron chi connectivity index (χ0n) is 13.5. The van der Waals surface area contributed by atoms with Gasteiger partial charge < -0.3 is 14.4 Å². The first-order chi connectivity index (χ1) is 11.3. The second-order valence-corrected chi connectivity index (χ2v) is 6.36. The SMILES string of the molecule is COc1ccc(N2Cc3ccncc3C2)cc1OC1CCCC1. The van der Waals surface area contributed by atoms with Crippen LogP contribution in [-0.2, 0) is 13.1 Å². The van der Waals surface area contributed by atoms with Crippen LogP contribution in [0.5, 0.6) is 11.5 Å². The van der Waals surface area contributed by atoms with E-state index in [1.807, 2.05) is 18.5 Å². The number of rotatable bonds is 4. The van der Waals surface area contributed by atoms with Gasteiger partial charge in [-0.1, -0.05) is 0 Å². The van der Waals surface area contributed by atoms with Crippen LogP contribution < -0.4 is 14.4 Å². The molecule has 0 atom stereocenters. The van der Waals surface area contributed by atoms with Crippen molar-refractivity contribution in [3.63, 3.8) is 0 Å². The van der Waals surface area contributed by atoms with Gasteiger partial charge in [0.05, 0.1) is 13.2 Å². The summed E-state index contributed by atoms with van der Waals surface area (Å²) in [6.45, 7) is 1.82. The molecule has 2 aromatic rings. The monoisotopic (exact) mass is 310 g/mol. The third-order valence-corrected chi connectivity index (χ3v) is 4.84. The molecule has 0 unspecified atom stereocenters. The zero-order chi connectivity index (χ0) is 15.6. The maximum atomic E-state index is 6.21. The standard InChI is InChI=1S/C19H22N2O2/c1-22-18-7-6-16(10-19(18)23-17-4-2-3-5-17)21-12-14-8-9-20-11-15(14)13-21/h6-11,17H,2-5,12-13H2,1H3. The minimum absolute atomic E-state index is 0.333. The molecule has 1 aromatic heterocycles. The number of methoxy groups -OCH3 is 1. The first-order valence-electron chi connectivity index (χ1n) is 8.35. The highest BCUT2D eigenvalue weighted by atomic mass is 16.5. The van der Waals surface area contributed by atoms with Gasteiger partial charge in [0.25, 0.3) is 0 Å². The van der Waals surface area contributed by atoms with E-state index in [9.17, 15) is 0 Å². The van der Waals surface area contributed by atoms with Crippen LogP contribution in [-0.4, -0.2) is 18.2 Å². The van der Waals surface area contributed by atoms with Gasteiger partial charge in [0, 0.05) is 37.2 Å². The smallest absolute Gasteiger partial charge is 0.163 e. The zero-order valence-corrected chi connectivity index (χ0v) is 13.5. The van der Waals surface area contributed by atoms with Gasteiger partial charge in [0.2, 0.25) is 0 Å². The molecule has 1 fully saturated rings. The average Bonchev–Trinajstić information content (AvgIpc) is 3.23. The fraction of sp³-hybridized carbons (Fsp3) is 0.421. The third kappa shape index (κ3) is 2.85. The molecule has 0 radical (unpaired) electrons. The number of hydrogen-bond acceptors (Lipinski definition) is 4. The molecule has 2 aliphatic rings. The molecule has 0 amide bonds. The van der Waals surface area contributed by atoms with Crippen molar-refractivity contribution in [2.45, 2.75) is 44.9 Å². The lowest BCUT2D eigenvalue weighted by molar-refractivity contribution is 0.201. The summed E-state index contributed by atoms with van der Waals surface area (Å²) in [5.74, 6) is 1.69. The molecule has 4 heteroatoms. The van der Waals surface area contributed by atoms with E-state index in [1.54, 1.807) is 7.11 Å².